The minimum absolute atomic E-state index is 0.00777. The minimum Gasteiger partial charge on any atom is -0.494 e. The fourth-order valence-corrected chi connectivity index (χ4v) is 11.7. The van der Waals surface area contributed by atoms with E-state index in [2.05, 4.69) is 59.5 Å². The summed E-state index contributed by atoms with van der Waals surface area (Å²) >= 11 is 2.21. The van der Waals surface area contributed by atoms with Gasteiger partial charge in [-0.25, -0.2) is 8.78 Å². The number of nitrogens with one attached hydrogen (secondary N) is 6. The highest BCUT2D eigenvalue weighted by Gasteiger charge is 2.47. The highest BCUT2D eigenvalue weighted by molar-refractivity contribution is 14.1. The normalized spacial score (nSPS) is 15.5. The van der Waals surface area contributed by atoms with E-state index in [0.29, 0.717) is 134 Å². The molecule has 0 saturated carbocycles. The van der Waals surface area contributed by atoms with Crippen LogP contribution in [0.1, 0.15) is 67.3 Å². The molecule has 0 bridgehead atoms. The number of unbranched alkanes of at least 4 members (excludes halogenated alkanes) is 1. The predicted octanol–water partition coefficient (Wildman–Crippen LogP) is 0.239. The number of halogens is 3. The summed E-state index contributed by atoms with van der Waals surface area (Å²) in [6.45, 7) is 5.73. The van der Waals surface area contributed by atoms with E-state index >= 15 is 0 Å². The first-order valence-corrected chi connectivity index (χ1v) is 38.3. The highest BCUT2D eigenvalue weighted by atomic mass is 127. The van der Waals surface area contributed by atoms with Crippen LogP contribution in [-0.4, -0.2) is 352 Å². The van der Waals surface area contributed by atoms with E-state index in [1.54, 1.807) is 39.0 Å². The van der Waals surface area contributed by atoms with Gasteiger partial charge in [0, 0.05) is 119 Å². The summed E-state index contributed by atoms with van der Waals surface area (Å²) in [5, 5.41) is 54.6. The molecular weight excluding hydrogens is 1580 g/mol. The number of alkyl halides is 2. The molecule has 35 nitrogen and oxygen atoms in total. The van der Waals surface area contributed by atoms with Crippen LogP contribution in [0.5, 0.6) is 5.75 Å². The van der Waals surface area contributed by atoms with Crippen molar-refractivity contribution in [2.45, 2.75) is 75.8 Å². The summed E-state index contributed by atoms with van der Waals surface area (Å²) in [5.74, 6) is -8.59. The van der Waals surface area contributed by atoms with Gasteiger partial charge in [0.15, 0.2) is 0 Å². The standard InChI is InChI=1S/C73H108F2IN13O22/c74-73(75)47-57(48-77)89(54-73)67(94)49-83-71(101)59-13-18-78-61-11-10-58(46-60(59)61)111-29-3-17-80-64(91)15-31-104-35-39-108-43-45-110-41-37-106-33-20-82-72(102)62(84-65(92)12-7-55-5-8-56(76)9-6-55)4-1-2-16-79-63(90)14-30-103-34-38-107-42-44-109-40-36-105-32-19-81-66(93)50-85-21-23-86(51-68(95)96)25-27-88(53-70(99)100)28-26-87(24-22-85)52-69(97)98/h5-6,8-11,13,18,46,57,62H,1-4,7,12,14-17,19-45,47,49-54H2,(H,79,90)(H,80,91)(H,81,93)(H,82,102)(H,83,101)(H,84,92)(H,95,96)(H,97,98)(H,99,100)/t57-,62-/m0/s1. The van der Waals surface area contributed by atoms with Crippen LogP contribution in [0.25, 0.3) is 10.9 Å². The van der Waals surface area contributed by atoms with Crippen LogP contribution in [0.4, 0.5) is 8.78 Å². The molecule has 0 radical (unpaired) electrons. The maximum Gasteiger partial charge on any atom is 0.317 e. The van der Waals surface area contributed by atoms with Crippen molar-refractivity contribution in [1.29, 1.82) is 5.26 Å². The number of rotatable bonds is 56. The second-order valence-electron chi connectivity index (χ2n) is 25.9. The molecule has 3 aromatic rings. The minimum atomic E-state index is -3.18. The number of hydrogen-bond donors (Lipinski definition) is 9. The Balaban J connectivity index is 0.821. The molecule has 2 aromatic carbocycles. The number of carbonyl (C=O) groups is 10. The van der Waals surface area contributed by atoms with Crippen LogP contribution in [0.3, 0.4) is 0 Å². The molecule has 2 aliphatic heterocycles. The SMILES string of the molecule is N#C[C@@H]1CC(F)(F)CN1C(=O)CNC(=O)c1ccnc2ccc(OCCCNC(=O)CCOCCOCCOCCOCCNC(=O)[C@H](CCCCNC(=O)CCOCCOCCOCCOCCNC(=O)CN3CCN(CC(=O)O)CCN(CC(=O)O)CCN(CC(=O)O)CC3)NC(=O)CCc3ccc(I)cc3)cc12. The van der Waals surface area contributed by atoms with Gasteiger partial charge in [0.2, 0.25) is 35.4 Å². The lowest BCUT2D eigenvalue weighted by molar-refractivity contribution is -0.140. The van der Waals surface area contributed by atoms with Gasteiger partial charge >= 0.3 is 17.9 Å². The van der Waals surface area contributed by atoms with Crippen LogP contribution < -0.4 is 36.6 Å². The van der Waals surface area contributed by atoms with Gasteiger partial charge in [0.05, 0.1) is 169 Å². The van der Waals surface area contributed by atoms with Gasteiger partial charge in [-0.15, -0.1) is 0 Å². The second-order valence-corrected chi connectivity index (χ2v) is 27.2. The number of amides is 7. The van der Waals surface area contributed by atoms with E-state index in [9.17, 15) is 77.3 Å². The monoisotopic (exact) mass is 1680 g/mol. The van der Waals surface area contributed by atoms with E-state index in [0.717, 1.165) is 14.0 Å². The van der Waals surface area contributed by atoms with Gasteiger partial charge in [-0.05, 0) is 96.7 Å². The topological polar surface area (TPSA) is 440 Å². The number of fused-ring (bicyclic) bond motifs is 1. The predicted molar refractivity (Wildman–Crippen MR) is 405 cm³/mol. The molecule has 7 amide bonds. The highest BCUT2D eigenvalue weighted by Crippen LogP contribution is 2.32. The van der Waals surface area contributed by atoms with Crippen LogP contribution >= 0.6 is 22.6 Å². The molecule has 0 aliphatic carbocycles. The number of nitriles is 1. The number of ether oxygens (including phenoxy) is 9. The molecule has 3 heterocycles. The van der Waals surface area contributed by atoms with Crippen molar-refractivity contribution in [2.24, 2.45) is 0 Å². The first-order valence-electron chi connectivity index (χ1n) is 37.2. The molecule has 2 fully saturated rings. The Bertz CT molecular complexity index is 3340. The van der Waals surface area contributed by atoms with Crippen LogP contribution in [0, 0.1) is 14.9 Å². The Morgan fingerprint density at radius 3 is 1.50 bits per heavy atom. The molecular formula is C73H108F2IN13O22. The van der Waals surface area contributed by atoms with Crippen LogP contribution in [0.15, 0.2) is 54.7 Å². The van der Waals surface area contributed by atoms with Crippen LogP contribution in [0.2, 0.25) is 0 Å². The molecule has 2 aliphatic rings. The molecule has 2 atom stereocenters. The number of aryl methyl sites for hydroxylation is 1. The number of aliphatic carboxylic acids is 3. The molecule has 38 heteroatoms. The largest absolute Gasteiger partial charge is 0.494 e. The van der Waals surface area contributed by atoms with Gasteiger partial charge in [-0.1, -0.05) is 12.1 Å². The van der Waals surface area contributed by atoms with Crippen molar-refractivity contribution >= 4 is 92.8 Å². The Hall–Kier alpha value is -8.05. The Morgan fingerprint density at radius 2 is 1.00 bits per heavy atom. The zero-order valence-corrected chi connectivity index (χ0v) is 65.0. The number of aromatic nitrogens is 1. The first-order chi connectivity index (χ1) is 53.6. The fraction of sp³-hybridized carbons (Fsp3) is 0.644. The quantitative estimate of drug-likeness (QED) is 0.0270. The lowest BCUT2D eigenvalue weighted by atomic mass is 10.1. The number of carboxylic acids is 3. The molecule has 618 valence electrons. The summed E-state index contributed by atoms with van der Waals surface area (Å²) < 4.78 is 79.2. The number of pyridine rings is 1. The fourth-order valence-electron chi connectivity index (χ4n) is 11.3. The third kappa shape index (κ3) is 42.4. The van der Waals surface area contributed by atoms with E-state index in [1.165, 1.54) is 12.3 Å². The van der Waals surface area contributed by atoms with Gasteiger partial charge in [0.1, 0.15) is 17.8 Å². The van der Waals surface area contributed by atoms with Gasteiger partial charge in [0.25, 0.3) is 11.8 Å². The summed E-state index contributed by atoms with van der Waals surface area (Å²) in [6, 6.07) is 13.9. The Kier molecular flexibility index (Phi) is 46.7. The third-order valence-corrected chi connectivity index (χ3v) is 17.8. The first kappa shape index (κ1) is 93.5. The van der Waals surface area contributed by atoms with E-state index in [1.807, 2.05) is 29.2 Å². The van der Waals surface area contributed by atoms with Crippen LogP contribution in [-0.2, 0) is 87.5 Å². The van der Waals surface area contributed by atoms with Gasteiger partial charge in [-0.3, -0.25) is 72.5 Å². The summed E-state index contributed by atoms with van der Waals surface area (Å²) in [6.07, 6.45) is 3.57. The van der Waals surface area contributed by atoms with Crippen molar-refractivity contribution in [3.05, 3.63) is 69.4 Å². The number of carbonyl (C=O) groups excluding carboxylic acids is 7. The third-order valence-electron chi connectivity index (χ3n) is 17.1. The summed E-state index contributed by atoms with van der Waals surface area (Å²) in [5.41, 5.74) is 1.66. The van der Waals surface area contributed by atoms with Crippen molar-refractivity contribution in [3.63, 3.8) is 0 Å². The number of nitrogens with zero attached hydrogens (tertiary/aromatic N) is 7. The van der Waals surface area contributed by atoms with E-state index in [4.69, 9.17) is 42.6 Å². The molecule has 9 N–H and O–H groups in total. The number of carboxylic acid groups (broad SMARTS) is 3. The Morgan fingerprint density at radius 1 is 0.532 bits per heavy atom. The van der Waals surface area contributed by atoms with E-state index < -0.39 is 67.2 Å². The lowest BCUT2D eigenvalue weighted by Gasteiger charge is -2.32. The smallest absolute Gasteiger partial charge is 0.317 e. The van der Waals surface area contributed by atoms with Crippen molar-refractivity contribution in [1.82, 2.24) is 61.4 Å². The zero-order chi connectivity index (χ0) is 80.3. The molecule has 5 rings (SSSR count). The molecule has 111 heavy (non-hydrogen) atoms. The summed E-state index contributed by atoms with van der Waals surface area (Å²) in [7, 11) is 0. The summed E-state index contributed by atoms with van der Waals surface area (Å²) in [4.78, 5) is 136. The van der Waals surface area contributed by atoms with E-state index in [-0.39, 0.29) is 186 Å². The van der Waals surface area contributed by atoms with Crippen molar-refractivity contribution in [3.8, 4) is 11.8 Å². The Labute approximate surface area is 658 Å². The van der Waals surface area contributed by atoms with Gasteiger partial charge in [-0.2, -0.15) is 5.26 Å². The molecule has 1 aromatic heterocycles. The number of benzene rings is 2. The zero-order valence-electron chi connectivity index (χ0n) is 62.8. The average Bonchev–Trinajstić information content (AvgIpc) is 1.72. The van der Waals surface area contributed by atoms with Crippen molar-refractivity contribution < 1.29 is 115 Å². The molecule has 0 unspecified atom stereocenters. The molecule has 0 spiro atoms. The number of hydrogen-bond acceptors (Lipinski definition) is 25. The van der Waals surface area contributed by atoms with Gasteiger partial charge < -0.3 is 94.8 Å². The van der Waals surface area contributed by atoms with Crippen molar-refractivity contribution in [2.75, 3.05) is 230 Å². The maximum absolute atomic E-state index is 13.8. The number of likely N-dealkylation sites (tertiary alicyclic amines) is 1. The molecule has 2 saturated heterocycles. The second kappa shape index (κ2) is 55.4. The average molecular weight is 1680 g/mol. The lowest BCUT2D eigenvalue weighted by Crippen LogP contribution is -2.50. The maximum atomic E-state index is 13.8.